The fourth-order valence-electron chi connectivity index (χ4n) is 2.60. The van der Waals surface area contributed by atoms with Gasteiger partial charge in [-0.05, 0) is 26.0 Å². The van der Waals surface area contributed by atoms with Crippen LogP contribution >= 0.6 is 23.1 Å². The van der Waals surface area contributed by atoms with E-state index in [9.17, 15) is 0 Å². The van der Waals surface area contributed by atoms with Crippen molar-refractivity contribution in [1.29, 1.82) is 0 Å². The van der Waals surface area contributed by atoms with Crippen molar-refractivity contribution in [3.63, 3.8) is 0 Å². The number of thiazole rings is 1. The highest BCUT2D eigenvalue weighted by Crippen LogP contribution is 2.29. The van der Waals surface area contributed by atoms with E-state index in [2.05, 4.69) is 48.0 Å². The van der Waals surface area contributed by atoms with Gasteiger partial charge in [-0.1, -0.05) is 41.1 Å². The van der Waals surface area contributed by atoms with Crippen LogP contribution in [0.15, 0.2) is 34.8 Å². The first-order chi connectivity index (χ1) is 10.2. The molecule has 3 rings (SSSR count). The molecule has 5 heteroatoms. The summed E-state index contributed by atoms with van der Waals surface area (Å²) in [4.78, 5) is 5.80. The lowest BCUT2D eigenvalue weighted by molar-refractivity contribution is 0.878. The van der Waals surface area contributed by atoms with Crippen molar-refractivity contribution in [1.82, 2.24) is 9.38 Å². The summed E-state index contributed by atoms with van der Waals surface area (Å²) < 4.78 is 2.17. The number of fused-ring (bicyclic) bond motifs is 1. The van der Waals surface area contributed by atoms with Crippen molar-refractivity contribution < 1.29 is 0 Å². The molecule has 0 amide bonds. The number of thioether (sulfide) groups is 1. The van der Waals surface area contributed by atoms with Gasteiger partial charge in [-0.25, -0.2) is 4.98 Å². The Labute approximate surface area is 133 Å². The first kappa shape index (κ1) is 14.6. The molecular formula is C16H19N3S2. The maximum atomic E-state index is 5.75. The van der Waals surface area contributed by atoms with Gasteiger partial charge in [0, 0.05) is 23.8 Å². The van der Waals surface area contributed by atoms with E-state index in [0.29, 0.717) is 6.54 Å². The molecule has 110 valence electrons. The first-order valence-electron chi connectivity index (χ1n) is 7.02. The largest absolute Gasteiger partial charge is 0.330 e. The molecule has 2 aromatic heterocycles. The summed E-state index contributed by atoms with van der Waals surface area (Å²) in [5.41, 5.74) is 11.0. The maximum Gasteiger partial charge on any atom is 0.194 e. The predicted octanol–water partition coefficient (Wildman–Crippen LogP) is 3.81. The Morgan fingerprint density at radius 3 is 2.71 bits per heavy atom. The Balaban J connectivity index is 1.84. The summed E-state index contributed by atoms with van der Waals surface area (Å²) in [5, 5.41) is 3.19. The van der Waals surface area contributed by atoms with E-state index in [1.807, 2.05) is 11.8 Å². The number of nitrogens with zero attached hydrogens (tertiary/aromatic N) is 2. The zero-order chi connectivity index (χ0) is 14.8. The summed E-state index contributed by atoms with van der Waals surface area (Å²) >= 11 is 3.48. The summed E-state index contributed by atoms with van der Waals surface area (Å²) in [7, 11) is 0. The minimum atomic E-state index is 0.654. The van der Waals surface area contributed by atoms with E-state index in [4.69, 9.17) is 10.7 Å². The molecule has 1 aromatic carbocycles. The summed E-state index contributed by atoms with van der Waals surface area (Å²) in [6.07, 6.45) is 2.95. The predicted molar refractivity (Wildman–Crippen MR) is 91.3 cm³/mol. The molecule has 0 fully saturated rings. The van der Waals surface area contributed by atoms with E-state index >= 15 is 0 Å². The van der Waals surface area contributed by atoms with Crippen LogP contribution in [0.25, 0.3) is 4.96 Å². The standard InChI is InChI=1S/C16H19N3S2/c1-11-7-12(2)9-13(8-11)10-21-15-14(3-4-17)19-5-6-20-16(19)18-15/h5-9H,3-4,10,17H2,1-2H3. The highest BCUT2D eigenvalue weighted by molar-refractivity contribution is 7.98. The minimum absolute atomic E-state index is 0.654. The second-order valence-corrected chi connectivity index (χ2v) is 7.08. The van der Waals surface area contributed by atoms with Crippen LogP contribution in [-0.2, 0) is 12.2 Å². The first-order valence-corrected chi connectivity index (χ1v) is 8.88. The molecule has 0 saturated heterocycles. The van der Waals surface area contributed by atoms with E-state index < -0.39 is 0 Å². The van der Waals surface area contributed by atoms with Gasteiger partial charge in [0.15, 0.2) is 4.96 Å². The van der Waals surface area contributed by atoms with Gasteiger partial charge >= 0.3 is 0 Å². The van der Waals surface area contributed by atoms with Gasteiger partial charge in [0.05, 0.1) is 5.69 Å². The molecule has 3 nitrogen and oxygen atoms in total. The highest BCUT2D eigenvalue weighted by Gasteiger charge is 2.13. The Bertz CT molecular complexity index is 738. The number of aromatic nitrogens is 2. The molecule has 21 heavy (non-hydrogen) atoms. The van der Waals surface area contributed by atoms with Gasteiger partial charge in [-0.15, -0.1) is 11.3 Å². The van der Waals surface area contributed by atoms with Crippen molar-refractivity contribution in [3.05, 3.63) is 52.2 Å². The molecular weight excluding hydrogens is 298 g/mol. The molecule has 0 unspecified atom stereocenters. The van der Waals surface area contributed by atoms with Gasteiger partial charge in [-0.3, -0.25) is 4.40 Å². The van der Waals surface area contributed by atoms with Gasteiger partial charge in [0.25, 0.3) is 0 Å². The third-order valence-electron chi connectivity index (χ3n) is 3.36. The average molecular weight is 317 g/mol. The molecule has 0 aliphatic heterocycles. The van der Waals surface area contributed by atoms with Crippen molar-refractivity contribution in [2.24, 2.45) is 5.73 Å². The molecule has 0 aliphatic carbocycles. The van der Waals surface area contributed by atoms with Crippen LogP contribution in [0.2, 0.25) is 0 Å². The second-order valence-electron chi connectivity index (χ2n) is 5.24. The van der Waals surface area contributed by atoms with Crippen molar-refractivity contribution >= 4 is 28.1 Å². The third kappa shape index (κ3) is 3.15. The Hall–Kier alpha value is -1.30. The zero-order valence-electron chi connectivity index (χ0n) is 12.3. The quantitative estimate of drug-likeness (QED) is 0.728. The lowest BCUT2D eigenvalue weighted by atomic mass is 10.1. The number of imidazole rings is 1. The number of nitrogens with two attached hydrogens (primary N) is 1. The summed E-state index contributed by atoms with van der Waals surface area (Å²) in [5.74, 6) is 0.949. The highest BCUT2D eigenvalue weighted by atomic mass is 32.2. The van der Waals surface area contributed by atoms with Crippen LogP contribution in [0.4, 0.5) is 0 Å². The monoisotopic (exact) mass is 317 g/mol. The summed E-state index contributed by atoms with van der Waals surface area (Å²) in [6.45, 7) is 4.95. The topological polar surface area (TPSA) is 43.3 Å². The van der Waals surface area contributed by atoms with E-state index in [-0.39, 0.29) is 0 Å². The number of rotatable bonds is 5. The fourth-order valence-corrected chi connectivity index (χ4v) is 4.38. The number of hydrogen-bond donors (Lipinski definition) is 1. The molecule has 0 atom stereocenters. The molecule has 3 aromatic rings. The number of benzene rings is 1. The Morgan fingerprint density at radius 1 is 1.24 bits per heavy atom. The SMILES string of the molecule is Cc1cc(C)cc(CSc2nc3sccn3c2CCN)c1. The van der Waals surface area contributed by atoms with Gasteiger partial charge in [0.2, 0.25) is 0 Å². The molecule has 0 saturated carbocycles. The molecule has 0 bridgehead atoms. The molecule has 0 spiro atoms. The van der Waals surface area contributed by atoms with Crippen LogP contribution in [0.1, 0.15) is 22.4 Å². The normalized spacial score (nSPS) is 11.4. The number of aryl methyl sites for hydroxylation is 2. The van der Waals surface area contributed by atoms with Gasteiger partial charge in [0.1, 0.15) is 5.03 Å². The Kier molecular flexibility index (Phi) is 4.33. The lowest BCUT2D eigenvalue weighted by Gasteiger charge is -2.05. The molecule has 0 aliphatic rings. The van der Waals surface area contributed by atoms with Crippen LogP contribution in [0, 0.1) is 13.8 Å². The van der Waals surface area contributed by atoms with Crippen molar-refractivity contribution in [2.75, 3.05) is 6.54 Å². The van der Waals surface area contributed by atoms with Crippen LogP contribution < -0.4 is 5.73 Å². The van der Waals surface area contributed by atoms with E-state index in [0.717, 1.165) is 22.2 Å². The van der Waals surface area contributed by atoms with Gasteiger partial charge < -0.3 is 5.73 Å². The fraction of sp³-hybridized carbons (Fsp3) is 0.312. The van der Waals surface area contributed by atoms with Crippen molar-refractivity contribution in [2.45, 2.75) is 31.0 Å². The maximum absolute atomic E-state index is 5.75. The zero-order valence-corrected chi connectivity index (χ0v) is 13.9. The van der Waals surface area contributed by atoms with Gasteiger partial charge in [-0.2, -0.15) is 0 Å². The molecule has 0 radical (unpaired) electrons. The van der Waals surface area contributed by atoms with Crippen LogP contribution in [-0.4, -0.2) is 15.9 Å². The van der Waals surface area contributed by atoms with Crippen LogP contribution in [0.5, 0.6) is 0 Å². The van der Waals surface area contributed by atoms with E-state index in [1.54, 1.807) is 11.3 Å². The van der Waals surface area contributed by atoms with Crippen LogP contribution in [0.3, 0.4) is 0 Å². The van der Waals surface area contributed by atoms with Crippen molar-refractivity contribution in [3.8, 4) is 0 Å². The van der Waals surface area contributed by atoms with E-state index in [1.165, 1.54) is 22.4 Å². The Morgan fingerprint density at radius 2 is 2.00 bits per heavy atom. The molecule has 2 N–H and O–H groups in total. The average Bonchev–Trinajstić information content (AvgIpc) is 2.98. The minimum Gasteiger partial charge on any atom is -0.330 e. The lowest BCUT2D eigenvalue weighted by Crippen LogP contribution is -2.05. The molecule has 2 heterocycles. The smallest absolute Gasteiger partial charge is 0.194 e. The number of hydrogen-bond acceptors (Lipinski definition) is 4. The second kappa shape index (κ2) is 6.22. The third-order valence-corrected chi connectivity index (χ3v) is 5.20. The summed E-state index contributed by atoms with van der Waals surface area (Å²) in [6, 6.07) is 6.71.